The highest BCUT2D eigenvalue weighted by Gasteiger charge is 2.04. The fourth-order valence-corrected chi connectivity index (χ4v) is 0.802. The van der Waals surface area contributed by atoms with Crippen LogP contribution in [0, 0.1) is 5.92 Å². The molecule has 0 radical (unpaired) electrons. The number of aliphatic hydroxyl groups excluding tert-OH is 1. The SMILES string of the molecule is CC(C)C(/C=C(\N)Cl)=C(/N)O. The molecule has 0 aromatic rings. The van der Waals surface area contributed by atoms with Gasteiger partial charge in [0.15, 0.2) is 5.88 Å². The van der Waals surface area contributed by atoms with Crippen molar-refractivity contribution in [3.05, 3.63) is 22.7 Å². The van der Waals surface area contributed by atoms with Crippen LogP contribution >= 0.6 is 11.6 Å². The quantitative estimate of drug-likeness (QED) is 0.339. The topological polar surface area (TPSA) is 72.3 Å². The van der Waals surface area contributed by atoms with E-state index in [9.17, 15) is 0 Å². The number of hydrogen-bond donors (Lipinski definition) is 3. The fourth-order valence-electron chi connectivity index (χ4n) is 0.685. The van der Waals surface area contributed by atoms with E-state index >= 15 is 0 Å². The van der Waals surface area contributed by atoms with Crippen molar-refractivity contribution in [2.45, 2.75) is 13.8 Å². The Hall–Kier alpha value is -0.830. The highest BCUT2D eigenvalue weighted by atomic mass is 35.5. The highest BCUT2D eigenvalue weighted by Crippen LogP contribution is 2.14. The highest BCUT2D eigenvalue weighted by molar-refractivity contribution is 6.29. The molecule has 0 aromatic carbocycles. The maximum Gasteiger partial charge on any atom is 0.185 e. The Kier molecular flexibility index (Phi) is 3.82. The van der Waals surface area contributed by atoms with Crippen molar-refractivity contribution in [3.8, 4) is 0 Å². The van der Waals surface area contributed by atoms with Crippen LogP contribution in [-0.2, 0) is 0 Å². The van der Waals surface area contributed by atoms with Gasteiger partial charge in [0.1, 0.15) is 0 Å². The van der Waals surface area contributed by atoms with Crippen molar-refractivity contribution in [2.75, 3.05) is 0 Å². The van der Waals surface area contributed by atoms with Crippen LogP contribution in [0.15, 0.2) is 22.7 Å². The van der Waals surface area contributed by atoms with Crippen LogP contribution in [-0.4, -0.2) is 5.11 Å². The molecule has 0 aliphatic carbocycles. The van der Waals surface area contributed by atoms with Gasteiger partial charge in [0.2, 0.25) is 0 Å². The lowest BCUT2D eigenvalue weighted by Crippen LogP contribution is -2.06. The lowest BCUT2D eigenvalue weighted by molar-refractivity contribution is 0.393. The van der Waals surface area contributed by atoms with E-state index in [2.05, 4.69) is 0 Å². The summed E-state index contributed by atoms with van der Waals surface area (Å²) in [6.45, 7) is 3.77. The Labute approximate surface area is 71.3 Å². The Balaban J connectivity index is 4.66. The van der Waals surface area contributed by atoms with Gasteiger partial charge >= 0.3 is 0 Å². The number of rotatable bonds is 2. The molecule has 0 atom stereocenters. The maximum atomic E-state index is 8.93. The Morgan fingerprint density at radius 2 is 1.91 bits per heavy atom. The first-order valence-corrected chi connectivity index (χ1v) is 3.64. The van der Waals surface area contributed by atoms with Crippen molar-refractivity contribution in [3.63, 3.8) is 0 Å². The van der Waals surface area contributed by atoms with Crippen molar-refractivity contribution in [2.24, 2.45) is 17.4 Å². The zero-order chi connectivity index (χ0) is 9.02. The second-order valence-electron chi connectivity index (χ2n) is 2.52. The lowest BCUT2D eigenvalue weighted by Gasteiger charge is -2.06. The van der Waals surface area contributed by atoms with Gasteiger partial charge < -0.3 is 16.6 Å². The van der Waals surface area contributed by atoms with Gasteiger partial charge in [-0.1, -0.05) is 25.4 Å². The molecule has 0 saturated heterocycles. The molecule has 0 aliphatic rings. The van der Waals surface area contributed by atoms with E-state index in [0.29, 0.717) is 5.57 Å². The summed E-state index contributed by atoms with van der Waals surface area (Å²) >= 11 is 5.40. The molecular weight excluding hydrogens is 164 g/mol. The zero-order valence-electron chi connectivity index (χ0n) is 6.63. The molecule has 0 spiro atoms. The van der Waals surface area contributed by atoms with Crippen LogP contribution in [0.1, 0.15) is 13.8 Å². The van der Waals surface area contributed by atoms with Crippen molar-refractivity contribution < 1.29 is 5.11 Å². The summed E-state index contributed by atoms with van der Waals surface area (Å²) in [5.74, 6) is -0.124. The Morgan fingerprint density at radius 3 is 2.00 bits per heavy atom. The van der Waals surface area contributed by atoms with Gasteiger partial charge in [-0.3, -0.25) is 0 Å². The van der Waals surface area contributed by atoms with E-state index in [1.165, 1.54) is 6.08 Å². The number of aliphatic hydroxyl groups is 1. The Bertz CT molecular complexity index is 189. The van der Waals surface area contributed by atoms with Crippen LogP contribution in [0.2, 0.25) is 0 Å². The predicted molar refractivity (Wildman–Crippen MR) is 46.8 cm³/mol. The van der Waals surface area contributed by atoms with Crippen LogP contribution in [0.5, 0.6) is 0 Å². The van der Waals surface area contributed by atoms with E-state index in [-0.39, 0.29) is 17.0 Å². The van der Waals surface area contributed by atoms with E-state index in [4.69, 9.17) is 28.2 Å². The molecule has 0 saturated carbocycles. The second kappa shape index (κ2) is 4.13. The molecule has 3 nitrogen and oxygen atoms in total. The molecule has 0 unspecified atom stereocenters. The maximum absolute atomic E-state index is 8.93. The van der Waals surface area contributed by atoms with Crippen molar-refractivity contribution in [1.29, 1.82) is 0 Å². The largest absolute Gasteiger partial charge is 0.495 e. The Morgan fingerprint density at radius 1 is 1.45 bits per heavy atom. The van der Waals surface area contributed by atoms with E-state index in [1.807, 2.05) is 13.8 Å². The van der Waals surface area contributed by atoms with Gasteiger partial charge in [0.25, 0.3) is 0 Å². The van der Waals surface area contributed by atoms with Gasteiger partial charge in [-0.05, 0) is 12.0 Å². The third-order valence-electron chi connectivity index (χ3n) is 1.21. The summed E-state index contributed by atoms with van der Waals surface area (Å²) in [4.78, 5) is 0. The molecule has 0 amide bonds. The molecule has 0 bridgehead atoms. The standard InChI is InChI=1S/C7H13ClN2O/c1-4(2)5(7(10)11)3-6(8)9/h3-4,11H,9-10H2,1-2H3/b6-3-,7-5-. The fraction of sp³-hybridized carbons (Fsp3) is 0.429. The van der Waals surface area contributed by atoms with Crippen molar-refractivity contribution >= 4 is 11.6 Å². The molecule has 64 valence electrons. The third kappa shape index (κ3) is 3.78. The van der Waals surface area contributed by atoms with E-state index in [1.54, 1.807) is 0 Å². The minimum atomic E-state index is -0.233. The minimum Gasteiger partial charge on any atom is -0.495 e. The number of halogens is 1. The molecular formula is C7H13ClN2O. The number of hydrogen-bond acceptors (Lipinski definition) is 3. The first-order chi connectivity index (χ1) is 4.95. The van der Waals surface area contributed by atoms with Gasteiger partial charge in [-0.15, -0.1) is 0 Å². The first kappa shape index (κ1) is 10.2. The summed E-state index contributed by atoms with van der Waals surface area (Å²) in [7, 11) is 0. The van der Waals surface area contributed by atoms with Crippen LogP contribution in [0.25, 0.3) is 0 Å². The lowest BCUT2D eigenvalue weighted by atomic mass is 10.0. The third-order valence-corrected chi connectivity index (χ3v) is 1.32. The average Bonchev–Trinajstić information content (AvgIpc) is 1.81. The molecule has 0 aliphatic heterocycles. The molecule has 5 N–H and O–H groups in total. The molecule has 4 heteroatoms. The first-order valence-electron chi connectivity index (χ1n) is 3.26. The summed E-state index contributed by atoms with van der Waals surface area (Å²) in [6, 6.07) is 0. The zero-order valence-corrected chi connectivity index (χ0v) is 7.39. The molecule has 0 aromatic heterocycles. The number of nitrogens with two attached hydrogens (primary N) is 2. The van der Waals surface area contributed by atoms with Crippen LogP contribution < -0.4 is 11.5 Å². The summed E-state index contributed by atoms with van der Waals surface area (Å²) < 4.78 is 0. The second-order valence-corrected chi connectivity index (χ2v) is 2.96. The normalized spacial score (nSPS) is 15.1. The molecule has 0 rings (SSSR count). The van der Waals surface area contributed by atoms with E-state index < -0.39 is 0 Å². The van der Waals surface area contributed by atoms with Crippen LogP contribution in [0.4, 0.5) is 0 Å². The average molecular weight is 177 g/mol. The van der Waals surface area contributed by atoms with Gasteiger partial charge in [-0.25, -0.2) is 0 Å². The van der Waals surface area contributed by atoms with Gasteiger partial charge in [-0.2, -0.15) is 0 Å². The van der Waals surface area contributed by atoms with Gasteiger partial charge in [0, 0.05) is 5.57 Å². The predicted octanol–water partition coefficient (Wildman–Crippen LogP) is 1.41. The van der Waals surface area contributed by atoms with Crippen molar-refractivity contribution in [1.82, 2.24) is 0 Å². The van der Waals surface area contributed by atoms with Gasteiger partial charge in [0.05, 0.1) is 5.16 Å². The van der Waals surface area contributed by atoms with E-state index in [0.717, 1.165) is 0 Å². The molecule has 11 heavy (non-hydrogen) atoms. The smallest absolute Gasteiger partial charge is 0.185 e. The monoisotopic (exact) mass is 176 g/mol. The summed E-state index contributed by atoms with van der Waals surface area (Å²) in [6.07, 6.45) is 1.45. The minimum absolute atomic E-state index is 0.109. The molecule has 0 heterocycles. The number of allylic oxidation sites excluding steroid dienone is 2. The molecule has 0 fully saturated rings. The summed E-state index contributed by atoms with van der Waals surface area (Å²) in [5, 5.41) is 9.05. The van der Waals surface area contributed by atoms with Crippen LogP contribution in [0.3, 0.4) is 0 Å². The summed E-state index contributed by atoms with van der Waals surface area (Å²) in [5.41, 5.74) is 10.9.